The first kappa shape index (κ1) is 18.6. The van der Waals surface area contributed by atoms with Crippen LogP contribution in [0.15, 0.2) is 58.8 Å². The average Bonchev–Trinajstić information content (AvgIpc) is 2.57. The van der Waals surface area contributed by atoms with Crippen molar-refractivity contribution in [1.29, 1.82) is 0 Å². The molecule has 0 saturated heterocycles. The molecule has 1 N–H and O–H groups in total. The highest BCUT2D eigenvalue weighted by Gasteiger charge is 2.30. The van der Waals surface area contributed by atoms with Crippen molar-refractivity contribution in [2.75, 3.05) is 6.54 Å². The van der Waals surface area contributed by atoms with Gasteiger partial charge in [0.05, 0.1) is 11.3 Å². The van der Waals surface area contributed by atoms with E-state index in [1.807, 2.05) is 0 Å². The maximum absolute atomic E-state index is 12.8. The normalized spacial score (nSPS) is 11.9. The molecule has 0 radical (unpaired) electrons. The molecule has 0 aliphatic carbocycles. The molecule has 0 atom stereocenters. The Morgan fingerprint density at radius 1 is 1.08 bits per heavy atom. The second-order valence-corrected chi connectivity index (χ2v) is 5.31. The number of rotatable bonds is 5. The van der Waals surface area contributed by atoms with Gasteiger partial charge >= 0.3 is 6.18 Å². The van der Waals surface area contributed by atoms with E-state index in [1.54, 1.807) is 12.1 Å². The van der Waals surface area contributed by atoms with Gasteiger partial charge in [-0.15, -0.1) is 0 Å². The van der Waals surface area contributed by atoms with Crippen LogP contribution in [0.4, 0.5) is 13.2 Å². The molecule has 0 aromatic heterocycles. The standard InChI is InChI=1S/C16H11ClF3N3O2/c17-13-6-2-4-11(8-13)15(24)23-22-14(9-21-25)10-3-1-5-12(7-10)16(18,19)20/h1-8H,9H2,(H,23,24). The number of alkyl halides is 3. The molecule has 9 heteroatoms. The van der Waals surface area contributed by atoms with E-state index in [0.29, 0.717) is 5.02 Å². The van der Waals surface area contributed by atoms with Gasteiger partial charge in [0.15, 0.2) is 0 Å². The van der Waals surface area contributed by atoms with Gasteiger partial charge in [-0.2, -0.15) is 23.2 Å². The molecule has 0 spiro atoms. The minimum absolute atomic E-state index is 0.0285. The van der Waals surface area contributed by atoms with E-state index in [0.717, 1.165) is 12.1 Å². The van der Waals surface area contributed by atoms with Gasteiger partial charge in [0.1, 0.15) is 6.54 Å². The van der Waals surface area contributed by atoms with Gasteiger partial charge in [0.25, 0.3) is 5.91 Å². The summed E-state index contributed by atoms with van der Waals surface area (Å²) < 4.78 is 38.3. The number of nitrogens with one attached hydrogen (secondary N) is 1. The Labute approximate surface area is 145 Å². The van der Waals surface area contributed by atoms with Crippen molar-refractivity contribution in [2.45, 2.75) is 6.18 Å². The zero-order chi connectivity index (χ0) is 18.4. The van der Waals surface area contributed by atoms with E-state index in [9.17, 15) is 22.9 Å². The van der Waals surface area contributed by atoms with Crippen LogP contribution in [0.2, 0.25) is 5.02 Å². The highest BCUT2D eigenvalue weighted by Crippen LogP contribution is 2.29. The summed E-state index contributed by atoms with van der Waals surface area (Å²) in [5, 5.41) is 6.70. The monoisotopic (exact) mass is 369 g/mol. The zero-order valence-corrected chi connectivity index (χ0v) is 13.3. The maximum Gasteiger partial charge on any atom is 0.416 e. The fraction of sp³-hybridized carbons (Fsp3) is 0.125. The fourth-order valence-corrected chi connectivity index (χ4v) is 2.13. The third-order valence-electron chi connectivity index (χ3n) is 3.12. The van der Waals surface area contributed by atoms with E-state index in [-0.39, 0.29) is 16.8 Å². The van der Waals surface area contributed by atoms with Crippen molar-refractivity contribution in [2.24, 2.45) is 10.3 Å². The minimum Gasteiger partial charge on any atom is -0.267 e. The van der Waals surface area contributed by atoms with Crippen LogP contribution in [0.25, 0.3) is 0 Å². The Hall–Kier alpha value is -2.74. The van der Waals surface area contributed by atoms with Gasteiger partial charge in [-0.05, 0) is 30.3 Å². The summed E-state index contributed by atoms with van der Waals surface area (Å²) in [5.74, 6) is -0.627. The summed E-state index contributed by atoms with van der Waals surface area (Å²) >= 11 is 5.78. The summed E-state index contributed by atoms with van der Waals surface area (Å²) in [6, 6.07) is 10.2. The molecule has 2 aromatic rings. The molecule has 0 saturated carbocycles. The first-order valence-corrected chi connectivity index (χ1v) is 7.28. The van der Waals surface area contributed by atoms with Crippen molar-refractivity contribution in [3.05, 3.63) is 75.2 Å². The summed E-state index contributed by atoms with van der Waals surface area (Å²) in [4.78, 5) is 22.5. The second-order valence-electron chi connectivity index (χ2n) is 4.88. The second kappa shape index (κ2) is 7.89. The number of amides is 1. The molecule has 5 nitrogen and oxygen atoms in total. The lowest BCUT2D eigenvalue weighted by molar-refractivity contribution is -0.137. The topological polar surface area (TPSA) is 70.9 Å². The third kappa shape index (κ3) is 5.12. The molecule has 2 aromatic carbocycles. The van der Waals surface area contributed by atoms with Crippen LogP contribution in [-0.4, -0.2) is 18.2 Å². The van der Waals surface area contributed by atoms with Gasteiger partial charge in [0.2, 0.25) is 0 Å². The molecule has 0 unspecified atom stereocenters. The molecule has 0 fully saturated rings. The van der Waals surface area contributed by atoms with E-state index in [1.165, 1.54) is 24.3 Å². The first-order valence-electron chi connectivity index (χ1n) is 6.90. The number of nitroso groups, excluding NO2 is 1. The highest BCUT2D eigenvalue weighted by molar-refractivity contribution is 6.30. The Balaban J connectivity index is 2.27. The molecule has 0 bridgehead atoms. The molecule has 0 aliphatic heterocycles. The van der Waals surface area contributed by atoms with E-state index >= 15 is 0 Å². The molecule has 25 heavy (non-hydrogen) atoms. The van der Waals surface area contributed by atoms with Crippen molar-refractivity contribution < 1.29 is 18.0 Å². The van der Waals surface area contributed by atoms with Crippen molar-refractivity contribution in [3.8, 4) is 0 Å². The summed E-state index contributed by atoms with van der Waals surface area (Å²) in [6.07, 6.45) is -4.54. The molecule has 2 rings (SSSR count). The summed E-state index contributed by atoms with van der Waals surface area (Å²) in [7, 11) is 0. The fourth-order valence-electron chi connectivity index (χ4n) is 1.94. The number of nitrogens with zero attached hydrogens (tertiary/aromatic N) is 2. The summed E-state index contributed by atoms with van der Waals surface area (Å²) in [6.45, 7) is -0.503. The van der Waals surface area contributed by atoms with Crippen LogP contribution in [0.3, 0.4) is 0 Å². The van der Waals surface area contributed by atoms with E-state index in [4.69, 9.17) is 11.6 Å². The van der Waals surface area contributed by atoms with Crippen LogP contribution in [0.1, 0.15) is 21.5 Å². The molecule has 0 heterocycles. The number of hydrogen-bond donors (Lipinski definition) is 1. The van der Waals surface area contributed by atoms with Gasteiger partial charge in [-0.1, -0.05) is 35.0 Å². The lowest BCUT2D eigenvalue weighted by Crippen LogP contribution is -2.21. The number of benzene rings is 2. The van der Waals surface area contributed by atoms with Gasteiger partial charge in [0, 0.05) is 16.1 Å². The number of carbonyl (C=O) groups is 1. The Kier molecular flexibility index (Phi) is 5.87. The predicted molar refractivity (Wildman–Crippen MR) is 87.6 cm³/mol. The molecule has 1 amide bonds. The number of hydrogen-bond acceptors (Lipinski definition) is 4. The lowest BCUT2D eigenvalue weighted by Gasteiger charge is -2.09. The first-order chi connectivity index (χ1) is 11.8. The van der Waals surface area contributed by atoms with Gasteiger partial charge in [-0.3, -0.25) is 4.79 Å². The zero-order valence-electron chi connectivity index (χ0n) is 12.5. The van der Waals surface area contributed by atoms with E-state index in [2.05, 4.69) is 15.7 Å². The van der Waals surface area contributed by atoms with Gasteiger partial charge in [-0.25, -0.2) is 5.43 Å². The Bertz CT molecular complexity index is 822. The van der Waals surface area contributed by atoms with Crippen molar-refractivity contribution >= 4 is 23.2 Å². The van der Waals surface area contributed by atoms with Crippen LogP contribution in [0.5, 0.6) is 0 Å². The van der Waals surface area contributed by atoms with Crippen molar-refractivity contribution in [3.63, 3.8) is 0 Å². The minimum atomic E-state index is -4.54. The Morgan fingerprint density at radius 3 is 2.40 bits per heavy atom. The Morgan fingerprint density at radius 2 is 1.76 bits per heavy atom. The largest absolute Gasteiger partial charge is 0.416 e. The predicted octanol–water partition coefficient (Wildman–Crippen LogP) is 4.26. The SMILES string of the molecule is O=NCC(=NNC(=O)c1cccc(Cl)c1)c1cccc(C(F)(F)F)c1. The maximum atomic E-state index is 12.8. The molecular weight excluding hydrogens is 359 g/mol. The smallest absolute Gasteiger partial charge is 0.267 e. The quantitative estimate of drug-likeness (QED) is 0.486. The molecular formula is C16H11ClF3N3O2. The highest BCUT2D eigenvalue weighted by atomic mass is 35.5. The lowest BCUT2D eigenvalue weighted by atomic mass is 10.1. The van der Waals surface area contributed by atoms with Crippen LogP contribution in [0, 0.1) is 4.91 Å². The molecule has 130 valence electrons. The number of hydrazone groups is 1. The molecule has 0 aliphatic rings. The third-order valence-corrected chi connectivity index (χ3v) is 3.35. The number of halogens is 4. The van der Waals surface area contributed by atoms with Crippen LogP contribution < -0.4 is 5.43 Å². The van der Waals surface area contributed by atoms with Crippen molar-refractivity contribution in [1.82, 2.24) is 5.43 Å². The van der Waals surface area contributed by atoms with E-state index < -0.39 is 24.2 Å². The average molecular weight is 370 g/mol. The van der Waals surface area contributed by atoms with Gasteiger partial charge < -0.3 is 0 Å². The summed E-state index contributed by atoms with van der Waals surface area (Å²) in [5.41, 5.74) is 1.41. The van der Waals surface area contributed by atoms with Crippen LogP contribution in [-0.2, 0) is 6.18 Å². The number of carbonyl (C=O) groups excluding carboxylic acids is 1. The van der Waals surface area contributed by atoms with Crippen LogP contribution >= 0.6 is 11.6 Å².